The van der Waals surface area contributed by atoms with Gasteiger partial charge in [0, 0.05) is 6.54 Å². The van der Waals surface area contributed by atoms with E-state index >= 15 is 0 Å². The Bertz CT molecular complexity index is 341. The Hall–Kier alpha value is 0.220. The highest BCUT2D eigenvalue weighted by Crippen LogP contribution is 2.76. The van der Waals surface area contributed by atoms with Crippen molar-refractivity contribution in [2.75, 3.05) is 40.0 Å². The largest absolute Gasteiger partial charge is 0.375 e. The van der Waals surface area contributed by atoms with E-state index in [1.807, 2.05) is 0 Å². The second-order valence-corrected chi connectivity index (χ2v) is 8.83. The fraction of sp³-hybridized carbons (Fsp3) is 1.00. The summed E-state index contributed by atoms with van der Waals surface area (Å²) in [6.07, 6.45) is 0. The Morgan fingerprint density at radius 3 is 1.33 bits per heavy atom. The molecule has 21 heavy (non-hydrogen) atoms. The lowest BCUT2D eigenvalue weighted by atomic mass is 10.7. The van der Waals surface area contributed by atoms with Crippen molar-refractivity contribution in [2.24, 2.45) is 0 Å². The molecule has 10 heteroatoms. The van der Waals surface area contributed by atoms with Crippen molar-refractivity contribution >= 4 is 15.2 Å². The van der Waals surface area contributed by atoms with Crippen LogP contribution in [-0.2, 0) is 27.2 Å². The average Bonchev–Trinajstić information content (AvgIpc) is 2.39. The van der Waals surface area contributed by atoms with E-state index in [1.165, 1.54) is 7.05 Å². The third-order valence-corrected chi connectivity index (χ3v) is 8.42. The molecular formula is C11H27NO7P2. The van der Waals surface area contributed by atoms with Gasteiger partial charge in [-0.25, -0.2) is 0 Å². The van der Waals surface area contributed by atoms with Gasteiger partial charge in [-0.1, -0.05) is 0 Å². The van der Waals surface area contributed by atoms with E-state index in [0.29, 0.717) is 0 Å². The van der Waals surface area contributed by atoms with E-state index < -0.39 is 20.3 Å². The second kappa shape index (κ2) is 9.38. The van der Waals surface area contributed by atoms with Gasteiger partial charge in [-0.15, -0.1) is 0 Å². The maximum atomic E-state index is 13.0. The quantitative estimate of drug-likeness (QED) is 0.519. The number of likely N-dealkylation sites (N-methyl/N-ethyl adjacent to an activating group) is 1. The van der Waals surface area contributed by atoms with Crippen molar-refractivity contribution in [3.63, 3.8) is 0 Å². The van der Waals surface area contributed by atoms with Gasteiger partial charge >= 0.3 is 15.2 Å². The number of hydrogen-bond donors (Lipinski definition) is 2. The summed E-state index contributed by atoms with van der Waals surface area (Å²) < 4.78 is 46.5. The van der Waals surface area contributed by atoms with Crippen LogP contribution in [0.15, 0.2) is 0 Å². The van der Waals surface area contributed by atoms with Crippen LogP contribution in [0.3, 0.4) is 0 Å². The fourth-order valence-electron chi connectivity index (χ4n) is 1.75. The van der Waals surface area contributed by atoms with E-state index in [2.05, 4.69) is 5.32 Å². The summed E-state index contributed by atoms with van der Waals surface area (Å²) in [6, 6.07) is 0. The van der Waals surface area contributed by atoms with Gasteiger partial charge in [0.05, 0.1) is 26.4 Å². The molecule has 0 saturated heterocycles. The molecule has 0 aliphatic carbocycles. The summed E-state index contributed by atoms with van der Waals surface area (Å²) in [7, 11) is -6.81. The molecule has 128 valence electrons. The first-order valence-corrected chi connectivity index (χ1v) is 10.0. The van der Waals surface area contributed by atoms with Crippen molar-refractivity contribution < 1.29 is 32.3 Å². The lowest BCUT2D eigenvalue weighted by Crippen LogP contribution is -2.41. The maximum Gasteiger partial charge on any atom is 0.375 e. The molecule has 0 aromatic heterocycles. The van der Waals surface area contributed by atoms with Crippen molar-refractivity contribution in [1.29, 1.82) is 0 Å². The standard InChI is InChI=1S/C11H27NO7P2/c1-6-16-20(14,17-7-2)11(13,10-12-5)21(15,18-8-3)19-9-4/h12-13H,6-10H2,1-5H3. The Kier molecular flexibility index (Phi) is 9.48. The Morgan fingerprint density at radius 1 is 0.857 bits per heavy atom. The van der Waals surface area contributed by atoms with Gasteiger partial charge in [0.2, 0.25) is 0 Å². The van der Waals surface area contributed by atoms with Crippen molar-refractivity contribution in [3.8, 4) is 0 Å². The minimum Gasteiger partial charge on any atom is -0.367 e. The van der Waals surface area contributed by atoms with E-state index in [4.69, 9.17) is 18.1 Å². The lowest BCUT2D eigenvalue weighted by Gasteiger charge is -2.38. The molecule has 0 saturated carbocycles. The van der Waals surface area contributed by atoms with Gasteiger partial charge in [0.25, 0.3) is 5.08 Å². The second-order valence-electron chi connectivity index (χ2n) is 3.97. The smallest absolute Gasteiger partial charge is 0.367 e. The van der Waals surface area contributed by atoms with Crippen LogP contribution < -0.4 is 5.32 Å². The molecular weight excluding hydrogens is 320 g/mol. The van der Waals surface area contributed by atoms with Crippen molar-refractivity contribution in [1.82, 2.24) is 5.32 Å². The molecule has 0 aromatic carbocycles. The summed E-state index contributed by atoms with van der Waals surface area (Å²) in [5, 5.41) is 11.1. The highest BCUT2D eigenvalue weighted by Gasteiger charge is 2.64. The molecule has 0 fully saturated rings. The highest BCUT2D eigenvalue weighted by atomic mass is 31.2. The molecule has 0 radical (unpaired) electrons. The zero-order valence-electron chi connectivity index (χ0n) is 13.3. The molecule has 0 aliphatic heterocycles. The molecule has 0 unspecified atom stereocenters. The lowest BCUT2D eigenvalue weighted by molar-refractivity contribution is 0.0835. The normalized spacial score (nSPS) is 13.6. The van der Waals surface area contributed by atoms with Crippen LogP contribution in [0, 0.1) is 0 Å². The molecule has 0 amide bonds. The van der Waals surface area contributed by atoms with Crippen molar-refractivity contribution in [2.45, 2.75) is 32.8 Å². The highest BCUT2D eigenvalue weighted by molar-refractivity contribution is 7.73. The summed E-state index contributed by atoms with van der Waals surface area (Å²) in [5.41, 5.74) is 0. The number of nitrogens with one attached hydrogen (secondary N) is 1. The zero-order valence-corrected chi connectivity index (χ0v) is 15.1. The zero-order chi connectivity index (χ0) is 16.6. The molecule has 0 spiro atoms. The molecule has 0 atom stereocenters. The molecule has 0 heterocycles. The molecule has 0 aromatic rings. The van der Waals surface area contributed by atoms with Crippen LogP contribution in [0.4, 0.5) is 0 Å². The predicted octanol–water partition coefficient (Wildman–Crippen LogP) is 2.38. The number of aliphatic hydroxyl groups is 1. The molecule has 8 nitrogen and oxygen atoms in total. The summed E-state index contributed by atoms with van der Waals surface area (Å²) in [6.45, 7) is 6.11. The molecule has 0 rings (SSSR count). The van der Waals surface area contributed by atoms with E-state index in [-0.39, 0.29) is 33.0 Å². The minimum absolute atomic E-state index is 0.0154. The first-order chi connectivity index (χ1) is 9.80. The van der Waals surface area contributed by atoms with E-state index in [0.717, 1.165) is 0 Å². The average molecular weight is 347 g/mol. The predicted molar refractivity (Wildman–Crippen MR) is 80.6 cm³/mol. The van der Waals surface area contributed by atoms with E-state index in [1.54, 1.807) is 27.7 Å². The number of hydrogen-bond acceptors (Lipinski definition) is 8. The maximum absolute atomic E-state index is 13.0. The monoisotopic (exact) mass is 347 g/mol. The molecule has 2 N–H and O–H groups in total. The first-order valence-electron chi connectivity index (χ1n) is 6.96. The van der Waals surface area contributed by atoms with Crippen LogP contribution in [0.2, 0.25) is 0 Å². The molecule has 0 bridgehead atoms. The van der Waals surface area contributed by atoms with Crippen LogP contribution in [0.1, 0.15) is 27.7 Å². The fourth-order valence-corrected chi connectivity index (χ4v) is 6.68. The van der Waals surface area contributed by atoms with Crippen LogP contribution >= 0.6 is 15.2 Å². The topological polar surface area (TPSA) is 103 Å². The van der Waals surface area contributed by atoms with Gasteiger partial charge in [-0.2, -0.15) is 0 Å². The van der Waals surface area contributed by atoms with E-state index in [9.17, 15) is 14.2 Å². The van der Waals surface area contributed by atoms with Gasteiger partial charge in [-0.05, 0) is 34.7 Å². The summed E-state index contributed by atoms with van der Waals surface area (Å²) in [5.74, 6) is 0. The first kappa shape index (κ1) is 21.2. The van der Waals surface area contributed by atoms with Crippen LogP contribution in [0.25, 0.3) is 0 Å². The Balaban J connectivity index is 5.95. The summed E-state index contributed by atoms with van der Waals surface area (Å²) >= 11 is 0. The Labute approximate surface area is 126 Å². The number of rotatable bonds is 12. The van der Waals surface area contributed by atoms with Gasteiger partial charge < -0.3 is 28.5 Å². The third-order valence-electron chi connectivity index (χ3n) is 2.49. The van der Waals surface area contributed by atoms with Crippen molar-refractivity contribution in [3.05, 3.63) is 0 Å². The summed E-state index contributed by atoms with van der Waals surface area (Å²) in [4.78, 5) is 0. The van der Waals surface area contributed by atoms with Gasteiger partial charge in [-0.3, -0.25) is 9.13 Å². The minimum atomic E-state index is -4.16. The molecule has 0 aliphatic rings. The van der Waals surface area contributed by atoms with Gasteiger partial charge in [0.15, 0.2) is 0 Å². The van der Waals surface area contributed by atoms with Crippen LogP contribution in [0.5, 0.6) is 0 Å². The third kappa shape index (κ3) is 4.60. The van der Waals surface area contributed by atoms with Gasteiger partial charge in [0.1, 0.15) is 0 Å². The SMILES string of the molecule is CCOP(=O)(OCC)C(O)(CNC)P(=O)(OCC)OCC. The van der Waals surface area contributed by atoms with Crippen LogP contribution in [-0.4, -0.2) is 50.2 Å². The Morgan fingerprint density at radius 2 is 1.14 bits per heavy atom.